The number of benzene rings is 2. The molecule has 2 N–H and O–H groups in total. The first-order valence-electron chi connectivity index (χ1n) is 9.22. The summed E-state index contributed by atoms with van der Waals surface area (Å²) in [5.41, 5.74) is 1.92. The molecular formula is C21H23BN2O4. The van der Waals surface area contributed by atoms with Crippen LogP contribution >= 0.6 is 0 Å². The quantitative estimate of drug-likeness (QED) is 0.545. The summed E-state index contributed by atoms with van der Waals surface area (Å²) in [6.07, 6.45) is 0.00701. The first-order chi connectivity index (χ1) is 13.7. The summed E-state index contributed by atoms with van der Waals surface area (Å²) in [6.45, 7) is 4.36. The molecule has 0 radical (unpaired) electrons. The molecule has 0 bridgehead atoms. The van der Waals surface area contributed by atoms with Crippen molar-refractivity contribution < 1.29 is 18.9 Å². The fourth-order valence-corrected chi connectivity index (χ4v) is 2.92. The lowest BCUT2D eigenvalue weighted by Crippen LogP contribution is -2.47. The fraction of sp³-hybridized carbons (Fsp3) is 0.238. The molecular weight excluding hydrogens is 355 g/mol. The maximum absolute atomic E-state index is 12.6. The Morgan fingerprint density at radius 1 is 0.857 bits per heavy atom. The number of allylic oxidation sites excluding steroid dienone is 1. The van der Waals surface area contributed by atoms with Gasteiger partial charge in [-0.05, 0) is 11.1 Å². The van der Waals surface area contributed by atoms with Gasteiger partial charge in [0.1, 0.15) is 0 Å². The molecule has 0 spiro atoms. The summed E-state index contributed by atoms with van der Waals surface area (Å²) in [4.78, 5) is 25.3. The minimum atomic E-state index is -1.01. The number of rotatable bonds is 8. The highest BCUT2D eigenvalue weighted by Crippen LogP contribution is 2.20. The van der Waals surface area contributed by atoms with Crippen molar-refractivity contribution in [2.75, 3.05) is 0 Å². The van der Waals surface area contributed by atoms with E-state index in [9.17, 15) is 9.59 Å². The topological polar surface area (TPSA) is 76.7 Å². The van der Waals surface area contributed by atoms with E-state index in [1.54, 1.807) is 6.08 Å². The van der Waals surface area contributed by atoms with Gasteiger partial charge in [-0.15, -0.1) is 6.58 Å². The molecule has 1 fully saturated rings. The Kier molecular flexibility index (Phi) is 7.00. The number of amides is 2. The van der Waals surface area contributed by atoms with Crippen molar-refractivity contribution in [3.63, 3.8) is 0 Å². The highest BCUT2D eigenvalue weighted by atomic mass is 16.7. The van der Waals surface area contributed by atoms with Crippen LogP contribution in [0.25, 0.3) is 0 Å². The minimum absolute atomic E-state index is 0.351. The summed E-state index contributed by atoms with van der Waals surface area (Å²) >= 11 is 0. The normalized spacial score (nSPS) is 18.5. The third-order valence-corrected chi connectivity index (χ3v) is 4.37. The summed E-state index contributed by atoms with van der Waals surface area (Å²) in [7, 11) is -0.669. The van der Waals surface area contributed by atoms with E-state index in [2.05, 4.69) is 17.2 Å². The van der Waals surface area contributed by atoms with E-state index in [4.69, 9.17) is 9.31 Å². The van der Waals surface area contributed by atoms with Crippen LogP contribution in [0.2, 0.25) is 6.32 Å². The number of carbonyl (C=O) groups excluding carboxylic acids is 2. The Morgan fingerprint density at radius 2 is 1.29 bits per heavy atom. The van der Waals surface area contributed by atoms with Crippen molar-refractivity contribution in [1.29, 1.82) is 0 Å². The molecule has 1 aliphatic heterocycles. The third kappa shape index (κ3) is 5.31. The van der Waals surface area contributed by atoms with Gasteiger partial charge in [0.2, 0.25) is 0 Å². The predicted molar refractivity (Wildman–Crippen MR) is 107 cm³/mol. The molecule has 0 saturated carbocycles. The second kappa shape index (κ2) is 9.87. The van der Waals surface area contributed by atoms with Crippen LogP contribution in [0.3, 0.4) is 0 Å². The van der Waals surface area contributed by atoms with E-state index in [1.807, 2.05) is 60.7 Å². The molecule has 144 valence electrons. The van der Waals surface area contributed by atoms with E-state index in [0.717, 1.165) is 11.1 Å². The van der Waals surface area contributed by atoms with Gasteiger partial charge in [0.15, 0.2) is 12.2 Å². The summed E-state index contributed by atoms with van der Waals surface area (Å²) in [6, 6.07) is 19.1. The van der Waals surface area contributed by atoms with Gasteiger partial charge >= 0.3 is 7.12 Å². The van der Waals surface area contributed by atoms with Crippen LogP contribution in [-0.4, -0.2) is 31.1 Å². The lowest BCUT2D eigenvalue weighted by atomic mass is 9.85. The first-order valence-corrected chi connectivity index (χ1v) is 9.22. The van der Waals surface area contributed by atoms with Crippen LogP contribution in [-0.2, 0) is 32.0 Å². The maximum atomic E-state index is 12.6. The zero-order chi connectivity index (χ0) is 19.8. The molecule has 0 unspecified atom stereocenters. The van der Waals surface area contributed by atoms with Crippen molar-refractivity contribution in [3.8, 4) is 0 Å². The Balaban J connectivity index is 1.61. The van der Waals surface area contributed by atoms with Crippen molar-refractivity contribution in [2.45, 2.75) is 31.6 Å². The SMILES string of the molecule is C=CCB1O[C@H](C(=O)NCc2ccccc2)[C@@H](C(=O)NCc2ccccc2)O1. The summed E-state index contributed by atoms with van der Waals surface area (Å²) in [5, 5.41) is 5.62. The summed E-state index contributed by atoms with van der Waals surface area (Å²) in [5.74, 6) is -0.759. The van der Waals surface area contributed by atoms with Crippen molar-refractivity contribution in [2.24, 2.45) is 0 Å². The maximum Gasteiger partial charge on any atom is 0.462 e. The molecule has 1 heterocycles. The van der Waals surface area contributed by atoms with E-state index in [1.165, 1.54) is 0 Å². The van der Waals surface area contributed by atoms with Gasteiger partial charge in [-0.3, -0.25) is 9.59 Å². The molecule has 1 aliphatic rings. The van der Waals surface area contributed by atoms with Crippen LogP contribution in [0, 0.1) is 0 Å². The molecule has 2 amide bonds. The van der Waals surface area contributed by atoms with Crippen LogP contribution < -0.4 is 10.6 Å². The molecule has 2 atom stereocenters. The van der Waals surface area contributed by atoms with Crippen LogP contribution in [0.5, 0.6) is 0 Å². The van der Waals surface area contributed by atoms with Crippen molar-refractivity contribution >= 4 is 18.9 Å². The second-order valence-corrected chi connectivity index (χ2v) is 6.47. The number of hydrogen-bond acceptors (Lipinski definition) is 4. The van der Waals surface area contributed by atoms with Gasteiger partial charge in [-0.25, -0.2) is 0 Å². The average Bonchev–Trinajstić information content (AvgIpc) is 3.16. The van der Waals surface area contributed by atoms with Gasteiger partial charge in [-0.2, -0.15) is 0 Å². The standard InChI is InChI=1S/C21H23BN2O4/c1-2-13-22-27-18(20(25)23-14-16-9-5-3-6-10-16)19(28-22)21(26)24-15-17-11-7-4-8-12-17/h2-12,18-19H,1,13-15H2,(H,23,25)(H,24,26)/t18-,19-/m0/s1. The molecule has 7 heteroatoms. The van der Waals surface area contributed by atoms with E-state index in [-0.39, 0.29) is 11.8 Å². The second-order valence-electron chi connectivity index (χ2n) is 6.47. The van der Waals surface area contributed by atoms with Gasteiger partial charge in [0.05, 0.1) is 0 Å². The summed E-state index contributed by atoms with van der Waals surface area (Å²) < 4.78 is 11.3. The van der Waals surface area contributed by atoms with Gasteiger partial charge in [0.25, 0.3) is 11.8 Å². The Labute approximate surface area is 165 Å². The van der Waals surface area contributed by atoms with Crippen molar-refractivity contribution in [1.82, 2.24) is 10.6 Å². The minimum Gasteiger partial charge on any atom is -0.396 e. The molecule has 2 aromatic rings. The first kappa shape index (κ1) is 19.9. The lowest BCUT2D eigenvalue weighted by molar-refractivity contribution is -0.137. The largest absolute Gasteiger partial charge is 0.462 e. The Bertz CT molecular complexity index is 737. The average molecular weight is 378 g/mol. The zero-order valence-corrected chi connectivity index (χ0v) is 15.5. The number of carbonyl (C=O) groups is 2. The third-order valence-electron chi connectivity index (χ3n) is 4.37. The van der Waals surface area contributed by atoms with Gasteiger partial charge in [-0.1, -0.05) is 66.7 Å². The molecule has 2 aromatic carbocycles. The van der Waals surface area contributed by atoms with E-state index in [0.29, 0.717) is 19.4 Å². The molecule has 3 rings (SSSR count). The number of hydrogen-bond donors (Lipinski definition) is 2. The van der Waals surface area contributed by atoms with Gasteiger partial charge < -0.3 is 19.9 Å². The van der Waals surface area contributed by atoms with E-state index < -0.39 is 19.3 Å². The zero-order valence-electron chi connectivity index (χ0n) is 15.5. The monoisotopic (exact) mass is 378 g/mol. The van der Waals surface area contributed by atoms with Crippen LogP contribution in [0.4, 0.5) is 0 Å². The van der Waals surface area contributed by atoms with Crippen molar-refractivity contribution in [3.05, 3.63) is 84.4 Å². The fourth-order valence-electron chi connectivity index (χ4n) is 2.92. The van der Waals surface area contributed by atoms with E-state index >= 15 is 0 Å². The molecule has 0 aromatic heterocycles. The highest BCUT2D eigenvalue weighted by Gasteiger charge is 2.46. The molecule has 1 saturated heterocycles. The highest BCUT2D eigenvalue weighted by molar-refractivity contribution is 6.46. The number of nitrogens with one attached hydrogen (secondary N) is 2. The van der Waals surface area contributed by atoms with Crippen LogP contribution in [0.1, 0.15) is 11.1 Å². The van der Waals surface area contributed by atoms with Gasteiger partial charge in [0, 0.05) is 19.4 Å². The van der Waals surface area contributed by atoms with Crippen LogP contribution in [0.15, 0.2) is 73.3 Å². The lowest BCUT2D eigenvalue weighted by Gasteiger charge is -2.18. The molecule has 0 aliphatic carbocycles. The predicted octanol–water partition coefficient (Wildman–Crippen LogP) is 2.08. The molecule has 6 nitrogen and oxygen atoms in total. The Morgan fingerprint density at radius 3 is 1.68 bits per heavy atom. The molecule has 28 heavy (non-hydrogen) atoms. The smallest absolute Gasteiger partial charge is 0.396 e. The Hall–Kier alpha value is -2.90.